The molecule has 2 aromatic carbocycles. The number of aryl methyl sites for hydroxylation is 1. The Balaban J connectivity index is 1.73. The van der Waals surface area contributed by atoms with E-state index in [1.807, 2.05) is 37.1 Å². The van der Waals surface area contributed by atoms with Crippen LogP contribution in [0, 0.1) is 6.92 Å². The minimum Gasteiger partial charge on any atom is -0.496 e. The molecule has 162 valence electrons. The number of nitrogens with zero attached hydrogens (tertiary/aromatic N) is 3. The molecule has 0 amide bonds. The Morgan fingerprint density at radius 2 is 2.06 bits per heavy atom. The Morgan fingerprint density at radius 1 is 1.29 bits per heavy atom. The van der Waals surface area contributed by atoms with E-state index in [1.54, 1.807) is 6.08 Å². The predicted octanol–water partition coefficient (Wildman–Crippen LogP) is 2.00. The molecule has 1 aliphatic rings. The molecule has 3 aromatic rings. The summed E-state index contributed by atoms with van der Waals surface area (Å²) in [7, 11) is -0.316. The van der Waals surface area contributed by atoms with Gasteiger partial charge in [-0.25, -0.2) is 13.4 Å². The van der Waals surface area contributed by atoms with Crippen molar-refractivity contribution >= 4 is 32.6 Å². The van der Waals surface area contributed by atoms with E-state index in [2.05, 4.69) is 20.5 Å². The highest BCUT2D eigenvalue weighted by atomic mass is 32.2. The molecule has 2 heterocycles. The summed E-state index contributed by atoms with van der Waals surface area (Å²) in [4.78, 5) is 6.19. The van der Waals surface area contributed by atoms with E-state index in [0.717, 1.165) is 28.5 Å². The number of hydrogen-bond donors (Lipinski definition) is 3. The predicted molar refractivity (Wildman–Crippen MR) is 121 cm³/mol. The maximum absolute atomic E-state index is 12.1. The zero-order chi connectivity index (χ0) is 23.3. The average Bonchev–Trinajstić information content (AvgIpc) is 3.12. The standard InChI is InChI=1S/C21H24N6O3S/c1-13-16-7-5-14(11-18(16)26-25-13)27(2)20-9-10-23-21(22,24-20)17-12-15(31(4,28)29)6-8-19(17)30-3/h5-12,24H,22H2,1-4H3,(H,25,26)/i8D. The summed E-state index contributed by atoms with van der Waals surface area (Å²) in [5.74, 6) is -0.790. The molecule has 0 aliphatic carbocycles. The van der Waals surface area contributed by atoms with Crippen LogP contribution in [0.15, 0.2) is 58.2 Å². The van der Waals surface area contributed by atoms with Gasteiger partial charge in [0.05, 0.1) is 24.5 Å². The summed E-state index contributed by atoms with van der Waals surface area (Å²) in [6, 6.07) is 8.41. The fraction of sp³-hybridized carbons (Fsp3) is 0.238. The number of H-pyrrole nitrogens is 1. The van der Waals surface area contributed by atoms with Crippen LogP contribution in [-0.4, -0.2) is 45.2 Å². The summed E-state index contributed by atoms with van der Waals surface area (Å²) in [5.41, 5.74) is 9.50. The number of allylic oxidation sites excluding steroid dienone is 1. The van der Waals surface area contributed by atoms with Gasteiger partial charge in [0.1, 0.15) is 11.6 Å². The van der Waals surface area contributed by atoms with Crippen LogP contribution >= 0.6 is 0 Å². The first-order valence-electron chi connectivity index (χ1n) is 9.93. The Bertz CT molecular complexity index is 1380. The summed E-state index contributed by atoms with van der Waals surface area (Å²) in [6.07, 6.45) is 4.36. The Hall–Kier alpha value is -3.37. The SMILES string of the molecule is [2H]c1cc(S(C)(=O)=O)cc(C2(N)N=CC=C(N(C)c3ccc4c(C)[nH]nc4c3)N2)c1OC. The zero-order valence-electron chi connectivity index (χ0n) is 18.6. The van der Waals surface area contributed by atoms with Crippen LogP contribution in [0.4, 0.5) is 5.69 Å². The number of aromatic amines is 1. The van der Waals surface area contributed by atoms with Gasteiger partial charge in [-0.2, -0.15) is 5.10 Å². The molecular weight excluding hydrogens is 416 g/mol. The van der Waals surface area contributed by atoms with Gasteiger partial charge in [-0.05, 0) is 49.4 Å². The normalized spacial score (nSPS) is 19.0. The molecule has 4 N–H and O–H groups in total. The molecular formula is C21H24N6O3S. The highest BCUT2D eigenvalue weighted by Gasteiger charge is 2.34. The molecule has 10 heteroatoms. The molecule has 1 aliphatic heterocycles. The van der Waals surface area contributed by atoms with Gasteiger partial charge in [0, 0.05) is 36.3 Å². The topological polar surface area (TPSA) is 126 Å². The van der Waals surface area contributed by atoms with Crippen LogP contribution in [0.5, 0.6) is 5.75 Å². The number of anilines is 1. The maximum atomic E-state index is 12.1. The first-order chi connectivity index (χ1) is 15.0. The van der Waals surface area contributed by atoms with Crippen molar-refractivity contribution in [2.24, 2.45) is 10.7 Å². The Kier molecular flexibility index (Phi) is 4.67. The number of benzene rings is 2. The lowest BCUT2D eigenvalue weighted by Crippen LogP contribution is -2.52. The van der Waals surface area contributed by atoms with Gasteiger partial charge in [0.25, 0.3) is 0 Å². The van der Waals surface area contributed by atoms with Gasteiger partial charge in [-0.3, -0.25) is 10.8 Å². The van der Waals surface area contributed by atoms with Crippen molar-refractivity contribution in [1.29, 1.82) is 0 Å². The van der Waals surface area contributed by atoms with Crippen LogP contribution in [0.25, 0.3) is 10.9 Å². The molecule has 31 heavy (non-hydrogen) atoms. The third-order valence-electron chi connectivity index (χ3n) is 5.23. The van der Waals surface area contributed by atoms with E-state index >= 15 is 0 Å². The first kappa shape index (κ1) is 19.6. The van der Waals surface area contributed by atoms with Gasteiger partial charge < -0.3 is 15.0 Å². The molecule has 1 atom stereocenters. The number of rotatable bonds is 5. The molecule has 0 saturated heterocycles. The van der Waals surface area contributed by atoms with Gasteiger partial charge in [0.2, 0.25) is 5.79 Å². The molecule has 4 rings (SSSR count). The highest BCUT2D eigenvalue weighted by molar-refractivity contribution is 7.90. The van der Waals surface area contributed by atoms with Crippen molar-refractivity contribution in [3.63, 3.8) is 0 Å². The summed E-state index contributed by atoms with van der Waals surface area (Å²) < 4.78 is 37.9. The lowest BCUT2D eigenvalue weighted by Gasteiger charge is -2.36. The van der Waals surface area contributed by atoms with Crippen molar-refractivity contribution < 1.29 is 14.5 Å². The zero-order valence-corrected chi connectivity index (χ0v) is 18.4. The Morgan fingerprint density at radius 3 is 2.77 bits per heavy atom. The quantitative estimate of drug-likeness (QED) is 0.553. The fourth-order valence-electron chi connectivity index (χ4n) is 3.44. The molecule has 1 unspecified atom stereocenters. The van der Waals surface area contributed by atoms with Crippen LogP contribution < -0.4 is 20.7 Å². The lowest BCUT2D eigenvalue weighted by atomic mass is 10.1. The number of sulfone groups is 1. The van der Waals surface area contributed by atoms with Gasteiger partial charge >= 0.3 is 0 Å². The van der Waals surface area contributed by atoms with Crippen molar-refractivity contribution in [2.75, 3.05) is 25.3 Å². The van der Waals surface area contributed by atoms with Crippen molar-refractivity contribution in [1.82, 2.24) is 15.5 Å². The minimum absolute atomic E-state index is 0.0380. The number of ether oxygens (including phenoxy) is 1. The van der Waals surface area contributed by atoms with Crippen LogP contribution in [0.3, 0.4) is 0 Å². The molecule has 9 nitrogen and oxygen atoms in total. The summed E-state index contributed by atoms with van der Waals surface area (Å²) >= 11 is 0. The number of hydrogen-bond acceptors (Lipinski definition) is 8. The third-order valence-corrected chi connectivity index (χ3v) is 6.32. The van der Waals surface area contributed by atoms with E-state index in [9.17, 15) is 8.42 Å². The molecule has 0 fully saturated rings. The number of methoxy groups -OCH3 is 1. The number of aliphatic imine (C=N–C) groups is 1. The van der Waals surface area contributed by atoms with E-state index in [-0.39, 0.29) is 22.3 Å². The van der Waals surface area contributed by atoms with Crippen LogP contribution in [0.1, 0.15) is 12.6 Å². The highest BCUT2D eigenvalue weighted by Crippen LogP contribution is 2.33. The van der Waals surface area contributed by atoms with Crippen LogP contribution in [-0.2, 0) is 15.6 Å². The molecule has 0 saturated carbocycles. The second kappa shape index (κ2) is 7.40. The van der Waals surface area contributed by atoms with Gasteiger partial charge in [0.15, 0.2) is 9.84 Å². The molecule has 1 aromatic heterocycles. The number of nitrogens with one attached hydrogen (secondary N) is 2. The first-order valence-corrected chi connectivity index (χ1v) is 11.3. The van der Waals surface area contributed by atoms with E-state index in [0.29, 0.717) is 5.82 Å². The third kappa shape index (κ3) is 3.75. The van der Waals surface area contributed by atoms with E-state index in [1.165, 1.54) is 25.5 Å². The van der Waals surface area contributed by atoms with Gasteiger partial charge in [-0.15, -0.1) is 0 Å². The van der Waals surface area contributed by atoms with Crippen molar-refractivity contribution in [3.8, 4) is 5.75 Å². The van der Waals surface area contributed by atoms with Crippen molar-refractivity contribution in [2.45, 2.75) is 17.6 Å². The minimum atomic E-state index is -3.58. The van der Waals surface area contributed by atoms with E-state index < -0.39 is 15.6 Å². The number of aromatic nitrogens is 2. The second-order valence-corrected chi connectivity index (χ2v) is 9.40. The average molecular weight is 442 g/mol. The molecule has 0 radical (unpaired) electrons. The summed E-state index contributed by atoms with van der Waals surface area (Å²) in [6.45, 7) is 1.96. The monoisotopic (exact) mass is 441 g/mol. The van der Waals surface area contributed by atoms with E-state index in [4.69, 9.17) is 11.8 Å². The van der Waals surface area contributed by atoms with Crippen LogP contribution in [0.2, 0.25) is 0 Å². The summed E-state index contributed by atoms with van der Waals surface area (Å²) in [5, 5.41) is 11.5. The lowest BCUT2D eigenvalue weighted by molar-refractivity contribution is 0.351. The maximum Gasteiger partial charge on any atom is 0.213 e. The fourth-order valence-corrected chi connectivity index (χ4v) is 4.04. The smallest absolute Gasteiger partial charge is 0.213 e. The Labute approximate surface area is 181 Å². The number of nitrogens with two attached hydrogens (primary N) is 1. The van der Waals surface area contributed by atoms with Crippen molar-refractivity contribution in [3.05, 3.63) is 59.5 Å². The molecule has 0 bridgehead atoms. The van der Waals surface area contributed by atoms with Gasteiger partial charge in [-0.1, -0.05) is 0 Å². The second-order valence-electron chi connectivity index (χ2n) is 7.39. The number of fused-ring (bicyclic) bond motifs is 1. The molecule has 0 spiro atoms. The largest absolute Gasteiger partial charge is 0.496 e.